The van der Waals surface area contributed by atoms with E-state index in [1.54, 1.807) is 11.0 Å². The number of aromatic nitrogens is 7. The summed E-state index contributed by atoms with van der Waals surface area (Å²) in [4.78, 5) is 26.3. The molecule has 0 radical (unpaired) electrons. The van der Waals surface area contributed by atoms with Gasteiger partial charge in [-0.2, -0.15) is 9.07 Å². The highest BCUT2D eigenvalue weighted by Crippen LogP contribution is 2.44. The minimum atomic E-state index is -0.710. The number of nitrogens with zero attached hydrogens (tertiary/aromatic N) is 7. The Bertz CT molecular complexity index is 1520. The summed E-state index contributed by atoms with van der Waals surface area (Å²) in [5.41, 5.74) is 7.30. The summed E-state index contributed by atoms with van der Waals surface area (Å²) in [6, 6.07) is 5.56. The number of anilines is 1. The molecule has 0 spiro atoms. The van der Waals surface area contributed by atoms with E-state index in [0.29, 0.717) is 42.0 Å². The van der Waals surface area contributed by atoms with Gasteiger partial charge >= 0.3 is 0 Å². The number of hydrogen-bond donors (Lipinski definition) is 2. The lowest BCUT2D eigenvalue weighted by atomic mass is 9.92. The predicted molar refractivity (Wildman–Crippen MR) is 126 cm³/mol. The molecular formula is C23H18ClF2N9O. The summed E-state index contributed by atoms with van der Waals surface area (Å²) in [6.45, 7) is 0. The maximum absolute atomic E-state index is 15.2. The molecule has 2 aliphatic heterocycles. The highest BCUT2D eigenvalue weighted by atomic mass is 35.5. The topological polar surface area (TPSA) is 132 Å². The first-order valence-corrected chi connectivity index (χ1v) is 11.5. The van der Waals surface area contributed by atoms with Gasteiger partial charge in [0.15, 0.2) is 5.82 Å². The third-order valence-corrected chi connectivity index (χ3v) is 6.86. The molecule has 1 saturated heterocycles. The van der Waals surface area contributed by atoms with Crippen LogP contribution in [-0.2, 0) is 4.79 Å². The smallest absolute Gasteiger partial charge is 0.247 e. The molecule has 2 atom stereocenters. The molecule has 3 N–H and O–H groups in total. The van der Waals surface area contributed by atoms with Crippen LogP contribution in [0.2, 0.25) is 5.02 Å². The molecule has 4 aromatic rings. The van der Waals surface area contributed by atoms with Crippen LogP contribution in [0.15, 0.2) is 42.9 Å². The van der Waals surface area contributed by atoms with Crippen molar-refractivity contribution in [3.05, 3.63) is 71.0 Å². The van der Waals surface area contributed by atoms with Gasteiger partial charge in [0, 0.05) is 17.7 Å². The second-order valence-corrected chi connectivity index (χ2v) is 9.04. The average molecular weight is 510 g/mol. The Morgan fingerprint density at radius 3 is 2.81 bits per heavy atom. The number of aromatic amines is 1. The molecule has 3 aromatic heterocycles. The summed E-state index contributed by atoms with van der Waals surface area (Å²) < 4.78 is 30.9. The number of pyridine rings is 1. The fraction of sp³-hybridized carbons (Fsp3) is 0.217. The number of halogens is 3. The lowest BCUT2D eigenvalue weighted by Gasteiger charge is -2.33. The standard InChI is InChI=1S/C23H18ClF2N9O/c24-14-3-5-16(34-10-29-32-33-34)20(21(14)25)11-7-12-1-4-17(35(12)19(36)8-11)23-28-9-15(30-23)13-2-6-18(27)31-22(13)26/h2-3,5-6,8-10,12,17H,1,4,7H2,(H2,27,31)(H,28,30). The minimum Gasteiger partial charge on any atom is -0.384 e. The first kappa shape index (κ1) is 22.3. The zero-order chi connectivity index (χ0) is 25.0. The molecule has 6 rings (SSSR count). The van der Waals surface area contributed by atoms with Crippen molar-refractivity contribution >= 4 is 28.9 Å². The summed E-state index contributed by atoms with van der Waals surface area (Å²) >= 11 is 6.08. The summed E-state index contributed by atoms with van der Waals surface area (Å²) in [7, 11) is 0. The van der Waals surface area contributed by atoms with Crippen LogP contribution in [0.1, 0.15) is 36.7 Å². The number of amides is 1. The van der Waals surface area contributed by atoms with E-state index < -0.39 is 11.8 Å². The molecule has 0 bridgehead atoms. The highest BCUT2D eigenvalue weighted by Gasteiger charge is 2.42. The quantitative estimate of drug-likeness (QED) is 0.402. The molecule has 0 saturated carbocycles. The molecule has 1 aromatic carbocycles. The number of benzene rings is 1. The second kappa shape index (κ2) is 8.48. The molecule has 2 aliphatic rings. The number of rotatable bonds is 4. The van der Waals surface area contributed by atoms with Gasteiger partial charge in [-0.1, -0.05) is 11.6 Å². The van der Waals surface area contributed by atoms with Gasteiger partial charge in [-0.25, -0.2) is 14.4 Å². The molecule has 36 heavy (non-hydrogen) atoms. The van der Waals surface area contributed by atoms with Crippen molar-refractivity contribution in [2.45, 2.75) is 31.3 Å². The first-order valence-electron chi connectivity index (χ1n) is 11.1. The van der Waals surface area contributed by atoms with Crippen molar-refractivity contribution in [2.75, 3.05) is 5.73 Å². The number of nitrogen functional groups attached to an aromatic ring is 1. The number of hydrogen-bond acceptors (Lipinski definition) is 7. The molecule has 2 unspecified atom stereocenters. The molecule has 1 amide bonds. The summed E-state index contributed by atoms with van der Waals surface area (Å²) in [5.74, 6) is -1.00. The molecule has 5 heterocycles. The zero-order valence-corrected chi connectivity index (χ0v) is 19.3. The first-order chi connectivity index (χ1) is 17.4. The molecule has 13 heteroatoms. The van der Waals surface area contributed by atoms with Crippen LogP contribution in [0.3, 0.4) is 0 Å². The van der Waals surface area contributed by atoms with Gasteiger partial charge in [-0.3, -0.25) is 4.79 Å². The van der Waals surface area contributed by atoms with E-state index in [0.717, 1.165) is 0 Å². The number of nitrogens with one attached hydrogen (secondary N) is 1. The van der Waals surface area contributed by atoms with Gasteiger partial charge in [-0.15, -0.1) is 5.10 Å². The van der Waals surface area contributed by atoms with Crippen LogP contribution >= 0.6 is 11.6 Å². The van der Waals surface area contributed by atoms with Crippen molar-refractivity contribution in [3.8, 4) is 16.9 Å². The molecule has 182 valence electrons. The van der Waals surface area contributed by atoms with E-state index in [4.69, 9.17) is 17.3 Å². The van der Waals surface area contributed by atoms with Crippen LogP contribution in [0.4, 0.5) is 14.6 Å². The fourth-order valence-electron chi connectivity index (χ4n) is 5.00. The van der Waals surface area contributed by atoms with Crippen molar-refractivity contribution in [2.24, 2.45) is 0 Å². The van der Waals surface area contributed by atoms with Gasteiger partial charge in [0.2, 0.25) is 11.9 Å². The Labute approximate surface area is 207 Å². The molecule has 0 aliphatic carbocycles. The van der Waals surface area contributed by atoms with Crippen molar-refractivity contribution in [1.82, 2.24) is 40.1 Å². The maximum atomic E-state index is 15.2. The monoisotopic (exact) mass is 509 g/mol. The van der Waals surface area contributed by atoms with Crippen LogP contribution in [-0.4, -0.2) is 52.0 Å². The average Bonchev–Trinajstić information content (AvgIpc) is 3.61. The van der Waals surface area contributed by atoms with E-state index in [9.17, 15) is 9.18 Å². The number of imidazole rings is 1. The number of nitrogens with two attached hydrogens (primary N) is 1. The van der Waals surface area contributed by atoms with Gasteiger partial charge in [0.05, 0.1) is 34.2 Å². The Kier molecular flexibility index (Phi) is 5.25. The molecule has 1 fully saturated rings. The van der Waals surface area contributed by atoms with Gasteiger partial charge in [0.25, 0.3) is 0 Å². The number of H-pyrrole nitrogens is 1. The van der Waals surface area contributed by atoms with Crippen LogP contribution in [0.5, 0.6) is 0 Å². The largest absolute Gasteiger partial charge is 0.384 e. The number of carbonyl (C=O) groups is 1. The molecule has 10 nitrogen and oxygen atoms in total. The predicted octanol–water partition coefficient (Wildman–Crippen LogP) is 3.48. The Hall–Kier alpha value is -4.19. The van der Waals surface area contributed by atoms with Crippen LogP contribution in [0.25, 0.3) is 22.5 Å². The number of carbonyl (C=O) groups excluding carboxylic acids is 1. The van der Waals surface area contributed by atoms with E-state index in [-0.39, 0.29) is 40.0 Å². The molecular weight excluding hydrogens is 492 g/mol. The van der Waals surface area contributed by atoms with Crippen LogP contribution < -0.4 is 5.73 Å². The number of fused-ring (bicyclic) bond motifs is 1. The highest BCUT2D eigenvalue weighted by molar-refractivity contribution is 6.31. The van der Waals surface area contributed by atoms with E-state index >= 15 is 4.39 Å². The summed E-state index contributed by atoms with van der Waals surface area (Å²) in [6.07, 6.45) is 6.02. The van der Waals surface area contributed by atoms with Crippen molar-refractivity contribution in [3.63, 3.8) is 0 Å². The fourth-order valence-corrected chi connectivity index (χ4v) is 5.15. The van der Waals surface area contributed by atoms with Gasteiger partial charge in [-0.05, 0) is 59.5 Å². The Morgan fingerprint density at radius 1 is 1.17 bits per heavy atom. The third-order valence-electron chi connectivity index (χ3n) is 6.57. The second-order valence-electron chi connectivity index (χ2n) is 8.63. The number of tetrazole rings is 1. The maximum Gasteiger partial charge on any atom is 0.247 e. The van der Waals surface area contributed by atoms with E-state index in [1.807, 2.05) is 0 Å². The summed E-state index contributed by atoms with van der Waals surface area (Å²) in [5, 5.41) is 11.0. The third kappa shape index (κ3) is 3.61. The van der Waals surface area contributed by atoms with Crippen molar-refractivity contribution < 1.29 is 13.6 Å². The van der Waals surface area contributed by atoms with E-state index in [1.165, 1.54) is 41.5 Å². The Morgan fingerprint density at radius 2 is 2.03 bits per heavy atom. The van der Waals surface area contributed by atoms with Crippen LogP contribution in [0, 0.1) is 11.8 Å². The normalized spacial score (nSPS) is 19.5. The Balaban J connectivity index is 1.33. The lowest BCUT2D eigenvalue weighted by Crippen LogP contribution is -2.39. The SMILES string of the molecule is Nc1ccc(-c2cnc(C3CCC4CC(c5c(-n6cnnn6)ccc(Cl)c5F)=CC(=O)N43)[nH]2)c(F)n1. The van der Waals surface area contributed by atoms with Crippen molar-refractivity contribution in [1.29, 1.82) is 0 Å². The van der Waals surface area contributed by atoms with Gasteiger partial charge in [0.1, 0.15) is 18.0 Å². The van der Waals surface area contributed by atoms with Gasteiger partial charge < -0.3 is 15.6 Å². The minimum absolute atomic E-state index is 0.0607. The zero-order valence-electron chi connectivity index (χ0n) is 18.6. The van der Waals surface area contributed by atoms with E-state index in [2.05, 4.69) is 30.5 Å². The lowest BCUT2D eigenvalue weighted by molar-refractivity contribution is -0.129.